The minimum atomic E-state index is 0. The molecule has 2 nitrogen and oxygen atoms in total. The van der Waals surface area contributed by atoms with E-state index in [1.807, 2.05) is 24.3 Å². The minimum Gasteiger partial charge on any atom is -1.00 e. The van der Waals surface area contributed by atoms with Gasteiger partial charge in [-0.2, -0.15) is 12.2 Å². The summed E-state index contributed by atoms with van der Waals surface area (Å²) < 4.78 is 0. The van der Waals surface area contributed by atoms with E-state index in [0.717, 1.165) is 12.8 Å². The number of hydrogen-bond donors (Lipinski definition) is 0. The zero-order chi connectivity index (χ0) is 29.3. The van der Waals surface area contributed by atoms with Crippen molar-refractivity contribution < 1.29 is 77.2 Å². The SMILES string of the molecule is CN(C)c1cccc2c1[cH-]c1ccccc12.CN(C)c1cccc2c1[cH-]c1ccccc12.[C-]1=CC=CC1.[C-]1=CC=CC1.[Cl-].[Cl-].[Zr+2].[Zr+2]. The van der Waals surface area contributed by atoms with Gasteiger partial charge in [-0.15, -0.1) is 80.2 Å². The van der Waals surface area contributed by atoms with Crippen LogP contribution >= 0.6 is 0 Å². The Hall–Kier alpha value is -2.47. The van der Waals surface area contributed by atoms with E-state index in [9.17, 15) is 0 Å². The Labute approximate surface area is 325 Å². The van der Waals surface area contributed by atoms with E-state index in [4.69, 9.17) is 0 Å². The first kappa shape index (κ1) is 41.5. The first-order valence-electron chi connectivity index (χ1n) is 14.5. The number of nitrogens with zero attached hydrogens (tertiary/aromatic N) is 2. The third-order valence-electron chi connectivity index (χ3n) is 7.40. The summed E-state index contributed by atoms with van der Waals surface area (Å²) in [7, 11) is 8.36. The standard InChI is InChI=1S/2C15H14N.2C5H5.2ClH.2Zr/c2*1-16(2)15-9-5-8-13-12-7-4-3-6-11(12)10-14(13)15;2*1-2-4-5-3-1;;;;/h2*3-10H,1-2H3;2*1-3H,4H2;2*1H;;/q4*-1;;;2*+2/p-2. The largest absolute Gasteiger partial charge is 2.00 e. The molecule has 0 N–H and O–H groups in total. The summed E-state index contributed by atoms with van der Waals surface area (Å²) in [6, 6.07) is 34.7. The average molecular weight is 800 g/mol. The summed E-state index contributed by atoms with van der Waals surface area (Å²) in [5, 5.41) is 10.7. The van der Waals surface area contributed by atoms with Gasteiger partial charge in [0.15, 0.2) is 0 Å². The fraction of sp³-hybridized carbons (Fsp3) is 0.150. The fourth-order valence-corrected chi connectivity index (χ4v) is 5.39. The van der Waals surface area contributed by atoms with Crippen LogP contribution in [0.3, 0.4) is 0 Å². The van der Waals surface area contributed by atoms with Crippen LogP contribution in [0.5, 0.6) is 0 Å². The summed E-state index contributed by atoms with van der Waals surface area (Å²) >= 11 is 0. The van der Waals surface area contributed by atoms with Crippen LogP contribution in [0.1, 0.15) is 12.8 Å². The van der Waals surface area contributed by atoms with E-state index < -0.39 is 0 Å². The summed E-state index contributed by atoms with van der Waals surface area (Å²) in [5.74, 6) is 0. The number of hydrogen-bond acceptors (Lipinski definition) is 2. The maximum absolute atomic E-state index is 2.99. The molecule has 0 saturated heterocycles. The Morgan fingerprint density at radius 3 is 1.17 bits per heavy atom. The smallest absolute Gasteiger partial charge is 1.00 e. The van der Waals surface area contributed by atoms with Crippen molar-refractivity contribution in [2.24, 2.45) is 0 Å². The Bertz CT molecular complexity index is 1750. The van der Waals surface area contributed by atoms with Gasteiger partial charge in [0.2, 0.25) is 0 Å². The molecule has 6 aromatic rings. The Balaban J connectivity index is 0.000000332. The molecule has 0 spiro atoms. The molecule has 0 atom stereocenters. The van der Waals surface area contributed by atoms with Crippen LogP contribution in [0, 0.1) is 12.2 Å². The van der Waals surface area contributed by atoms with Crippen molar-refractivity contribution in [2.75, 3.05) is 38.0 Å². The van der Waals surface area contributed by atoms with Gasteiger partial charge in [-0.05, 0) is 39.6 Å². The van der Waals surface area contributed by atoms with Crippen molar-refractivity contribution in [2.45, 2.75) is 12.8 Å². The molecule has 232 valence electrons. The molecule has 0 unspecified atom stereocenters. The molecule has 0 aromatic heterocycles. The number of halogens is 2. The monoisotopic (exact) mass is 796 g/mol. The fourth-order valence-electron chi connectivity index (χ4n) is 5.39. The van der Waals surface area contributed by atoms with E-state index >= 15 is 0 Å². The minimum absolute atomic E-state index is 0. The van der Waals surface area contributed by atoms with E-state index in [-0.39, 0.29) is 77.2 Å². The van der Waals surface area contributed by atoms with E-state index in [2.05, 4.69) is 159 Å². The zero-order valence-corrected chi connectivity index (χ0v) is 33.2. The molecule has 0 heterocycles. The second-order valence-corrected chi connectivity index (χ2v) is 10.7. The molecule has 2 aliphatic rings. The molecule has 0 amide bonds. The van der Waals surface area contributed by atoms with Crippen molar-refractivity contribution in [3.63, 3.8) is 0 Å². The molecule has 0 aliphatic heterocycles. The van der Waals surface area contributed by atoms with Gasteiger partial charge in [-0.1, -0.05) is 72.8 Å². The molecule has 0 fully saturated rings. The van der Waals surface area contributed by atoms with E-state index in [1.165, 1.54) is 54.5 Å². The van der Waals surface area contributed by atoms with Crippen molar-refractivity contribution >= 4 is 54.5 Å². The van der Waals surface area contributed by atoms with Crippen LogP contribution < -0.4 is 34.6 Å². The Morgan fingerprint density at radius 2 is 0.870 bits per heavy atom. The van der Waals surface area contributed by atoms with Crippen LogP contribution in [0.4, 0.5) is 11.4 Å². The van der Waals surface area contributed by atoms with E-state index in [0.29, 0.717) is 0 Å². The normalized spacial score (nSPS) is 11.6. The average Bonchev–Trinajstić information content (AvgIpc) is 3.84. The van der Waals surface area contributed by atoms with E-state index in [1.54, 1.807) is 0 Å². The second-order valence-electron chi connectivity index (χ2n) is 10.7. The molecule has 2 aliphatic carbocycles. The number of rotatable bonds is 2. The first-order valence-corrected chi connectivity index (χ1v) is 14.5. The second kappa shape index (κ2) is 20.7. The predicted molar refractivity (Wildman–Crippen MR) is 186 cm³/mol. The van der Waals surface area contributed by atoms with Gasteiger partial charge >= 0.3 is 52.4 Å². The third-order valence-corrected chi connectivity index (χ3v) is 7.40. The van der Waals surface area contributed by atoms with Crippen LogP contribution in [-0.2, 0) is 52.4 Å². The van der Waals surface area contributed by atoms with Crippen LogP contribution in [0.2, 0.25) is 0 Å². The summed E-state index contributed by atoms with van der Waals surface area (Å²) in [5.41, 5.74) is 2.57. The van der Waals surface area contributed by atoms with Gasteiger partial charge in [-0.3, -0.25) is 12.2 Å². The maximum Gasteiger partial charge on any atom is 2.00 e. The zero-order valence-electron chi connectivity index (χ0n) is 26.8. The number of benzene rings is 4. The van der Waals surface area contributed by atoms with Gasteiger partial charge in [0.25, 0.3) is 0 Å². The van der Waals surface area contributed by atoms with Crippen LogP contribution in [0.25, 0.3) is 43.1 Å². The summed E-state index contributed by atoms with van der Waals surface area (Å²) in [6.07, 6.45) is 20.0. The Kier molecular flexibility index (Phi) is 18.7. The number of fused-ring (bicyclic) bond motifs is 6. The first-order chi connectivity index (χ1) is 20.5. The molecular weight excluding hydrogens is 762 g/mol. The van der Waals surface area contributed by atoms with Crippen molar-refractivity contribution in [3.8, 4) is 0 Å². The molecule has 6 aromatic carbocycles. The molecule has 0 radical (unpaired) electrons. The number of allylic oxidation sites excluding steroid dienone is 8. The number of anilines is 2. The molecule has 46 heavy (non-hydrogen) atoms. The Morgan fingerprint density at radius 1 is 0.500 bits per heavy atom. The predicted octanol–water partition coefficient (Wildman–Crippen LogP) is 4.17. The van der Waals surface area contributed by atoms with Gasteiger partial charge < -0.3 is 34.6 Å². The summed E-state index contributed by atoms with van der Waals surface area (Å²) in [4.78, 5) is 4.34. The molecule has 0 bridgehead atoms. The van der Waals surface area contributed by atoms with Crippen molar-refractivity contribution in [3.05, 3.63) is 146 Å². The molecule has 8 rings (SSSR count). The van der Waals surface area contributed by atoms with Gasteiger partial charge in [0.1, 0.15) is 0 Å². The molecule has 0 saturated carbocycles. The third kappa shape index (κ3) is 10.3. The summed E-state index contributed by atoms with van der Waals surface area (Å²) in [6.45, 7) is 0. The molecule has 6 heteroatoms. The van der Waals surface area contributed by atoms with Crippen molar-refractivity contribution in [1.82, 2.24) is 0 Å². The van der Waals surface area contributed by atoms with Gasteiger partial charge in [-0.25, -0.2) is 24.3 Å². The van der Waals surface area contributed by atoms with Gasteiger partial charge in [0.05, 0.1) is 0 Å². The van der Waals surface area contributed by atoms with Gasteiger partial charge in [0, 0.05) is 0 Å². The maximum atomic E-state index is 2.99. The van der Waals surface area contributed by atoms with Crippen LogP contribution in [0.15, 0.2) is 134 Å². The van der Waals surface area contributed by atoms with Crippen molar-refractivity contribution in [1.29, 1.82) is 0 Å². The molecular formula is C40H38Cl2N2Zr2-2. The van der Waals surface area contributed by atoms with Crippen LogP contribution in [-0.4, -0.2) is 28.2 Å². The topological polar surface area (TPSA) is 6.48 Å². The quantitative estimate of drug-likeness (QED) is 0.243.